The van der Waals surface area contributed by atoms with Crippen LogP contribution in [0.4, 0.5) is 0 Å². The van der Waals surface area contributed by atoms with Crippen LogP contribution in [0.5, 0.6) is 0 Å². The molecule has 1 saturated heterocycles. The Labute approximate surface area is 164 Å². The van der Waals surface area contributed by atoms with Crippen LogP contribution in [0.2, 0.25) is 0 Å². The van der Waals surface area contributed by atoms with E-state index in [9.17, 15) is 19.2 Å². The Balaban J connectivity index is 3.33. The van der Waals surface area contributed by atoms with Gasteiger partial charge in [0.2, 0.25) is 5.91 Å². The minimum Gasteiger partial charge on any atom is -0.463 e. The standard InChI is InChI=1S/C18H29NO9/c1-9(20)19-14-16(26-12(4)23)15(25-11(3)22)13(8-24-10(2)21)27-17(14)28-18(5,6)7/h13-17H,8H2,1-7H3,(H,19,20)/t13-,14+,15+,16-,17+/m0/s1. The minimum atomic E-state index is -1.13. The molecule has 0 unspecified atom stereocenters. The highest BCUT2D eigenvalue weighted by Gasteiger charge is 2.52. The summed E-state index contributed by atoms with van der Waals surface area (Å²) in [6.45, 7) is 9.94. The number of hydrogen-bond donors (Lipinski definition) is 1. The van der Waals surface area contributed by atoms with Crippen LogP contribution < -0.4 is 5.32 Å². The maximum Gasteiger partial charge on any atom is 0.303 e. The SMILES string of the molecule is CC(=O)N[C@H]1[C@@H](OC(C)(C)C)O[C@@H](COC(C)=O)[C@@H](OC(C)=O)[C@H]1OC(C)=O. The third kappa shape index (κ3) is 7.81. The van der Waals surface area contributed by atoms with Gasteiger partial charge in [-0.3, -0.25) is 19.2 Å². The van der Waals surface area contributed by atoms with E-state index in [-0.39, 0.29) is 6.61 Å². The fraction of sp³-hybridized carbons (Fsp3) is 0.778. The summed E-state index contributed by atoms with van der Waals surface area (Å²) in [5.41, 5.74) is -0.678. The van der Waals surface area contributed by atoms with E-state index >= 15 is 0 Å². The van der Waals surface area contributed by atoms with Crippen molar-refractivity contribution < 1.29 is 42.9 Å². The monoisotopic (exact) mass is 403 g/mol. The Morgan fingerprint density at radius 2 is 1.43 bits per heavy atom. The molecule has 1 rings (SSSR count). The molecule has 0 bridgehead atoms. The molecule has 0 aromatic rings. The number of hydrogen-bond acceptors (Lipinski definition) is 9. The molecule has 1 aliphatic rings. The van der Waals surface area contributed by atoms with E-state index in [0.717, 1.165) is 0 Å². The van der Waals surface area contributed by atoms with Crippen molar-refractivity contribution >= 4 is 23.8 Å². The number of carbonyl (C=O) groups excluding carboxylic acids is 4. The Hall–Kier alpha value is -2.20. The summed E-state index contributed by atoms with van der Waals surface area (Å²) in [5.74, 6) is -2.30. The van der Waals surface area contributed by atoms with Crippen LogP contribution in [-0.4, -0.2) is 66.7 Å². The van der Waals surface area contributed by atoms with Gasteiger partial charge in [-0.25, -0.2) is 0 Å². The van der Waals surface area contributed by atoms with E-state index in [1.807, 2.05) is 0 Å². The van der Waals surface area contributed by atoms with E-state index in [1.54, 1.807) is 20.8 Å². The summed E-state index contributed by atoms with van der Waals surface area (Å²) in [7, 11) is 0. The molecule has 1 aliphatic heterocycles. The molecule has 0 spiro atoms. The molecule has 1 amide bonds. The highest BCUT2D eigenvalue weighted by Crippen LogP contribution is 2.30. The van der Waals surface area contributed by atoms with Crippen LogP contribution in [0.1, 0.15) is 48.5 Å². The third-order valence-corrected chi connectivity index (χ3v) is 3.54. The molecule has 1 N–H and O–H groups in total. The normalized spacial score (nSPS) is 27.5. The first-order valence-corrected chi connectivity index (χ1v) is 8.88. The number of amides is 1. The Bertz CT molecular complexity index is 598. The molecule has 0 aliphatic carbocycles. The van der Waals surface area contributed by atoms with E-state index in [1.165, 1.54) is 27.7 Å². The fourth-order valence-electron chi connectivity index (χ4n) is 2.74. The zero-order valence-corrected chi connectivity index (χ0v) is 17.3. The summed E-state index contributed by atoms with van der Waals surface area (Å²) in [4.78, 5) is 46.3. The number of carbonyl (C=O) groups is 4. The molecule has 1 heterocycles. The lowest BCUT2D eigenvalue weighted by Crippen LogP contribution is -2.67. The quantitative estimate of drug-likeness (QED) is 0.497. The summed E-state index contributed by atoms with van der Waals surface area (Å²) in [6.07, 6.45) is -4.28. The lowest BCUT2D eigenvalue weighted by molar-refractivity contribution is -0.297. The Morgan fingerprint density at radius 3 is 1.86 bits per heavy atom. The van der Waals surface area contributed by atoms with Gasteiger partial charge in [-0.15, -0.1) is 0 Å². The van der Waals surface area contributed by atoms with Gasteiger partial charge in [-0.2, -0.15) is 0 Å². The summed E-state index contributed by atoms with van der Waals surface area (Å²) < 4.78 is 27.4. The largest absolute Gasteiger partial charge is 0.463 e. The predicted molar refractivity (Wildman–Crippen MR) is 94.8 cm³/mol. The number of esters is 3. The molecular formula is C18H29NO9. The molecule has 0 aromatic heterocycles. The zero-order valence-electron chi connectivity index (χ0n) is 17.3. The summed E-state index contributed by atoms with van der Waals surface area (Å²) in [6, 6.07) is -0.960. The number of nitrogens with one attached hydrogen (secondary N) is 1. The van der Waals surface area contributed by atoms with Gasteiger partial charge in [0.15, 0.2) is 18.5 Å². The van der Waals surface area contributed by atoms with E-state index in [0.29, 0.717) is 0 Å². The van der Waals surface area contributed by atoms with Gasteiger partial charge in [0.05, 0.1) is 5.60 Å². The van der Waals surface area contributed by atoms with Crippen molar-refractivity contribution in [1.82, 2.24) is 5.32 Å². The smallest absolute Gasteiger partial charge is 0.303 e. The van der Waals surface area contributed by atoms with Crippen molar-refractivity contribution in [3.8, 4) is 0 Å². The van der Waals surface area contributed by atoms with Crippen LogP contribution >= 0.6 is 0 Å². The second-order valence-corrected chi connectivity index (χ2v) is 7.45. The second-order valence-electron chi connectivity index (χ2n) is 7.45. The zero-order chi connectivity index (χ0) is 21.6. The van der Waals surface area contributed by atoms with Gasteiger partial charge in [-0.1, -0.05) is 0 Å². The first-order chi connectivity index (χ1) is 12.8. The molecule has 10 nitrogen and oxygen atoms in total. The van der Waals surface area contributed by atoms with E-state index in [4.69, 9.17) is 23.7 Å². The first-order valence-electron chi connectivity index (χ1n) is 8.88. The molecular weight excluding hydrogens is 374 g/mol. The predicted octanol–water partition coefficient (Wildman–Crippen LogP) is 0.458. The van der Waals surface area contributed by atoms with Crippen molar-refractivity contribution in [1.29, 1.82) is 0 Å². The average molecular weight is 403 g/mol. The van der Waals surface area contributed by atoms with Crippen LogP contribution in [0.3, 0.4) is 0 Å². The van der Waals surface area contributed by atoms with Crippen LogP contribution in [0.15, 0.2) is 0 Å². The molecule has 5 atom stereocenters. The van der Waals surface area contributed by atoms with Crippen molar-refractivity contribution in [2.45, 2.75) is 84.7 Å². The van der Waals surface area contributed by atoms with Crippen LogP contribution in [0, 0.1) is 0 Å². The Morgan fingerprint density at radius 1 is 0.893 bits per heavy atom. The average Bonchev–Trinajstić information content (AvgIpc) is 2.48. The third-order valence-electron chi connectivity index (χ3n) is 3.54. The van der Waals surface area contributed by atoms with Crippen molar-refractivity contribution in [2.24, 2.45) is 0 Å². The molecule has 1 fully saturated rings. The van der Waals surface area contributed by atoms with Gasteiger partial charge in [0.25, 0.3) is 0 Å². The maximum absolute atomic E-state index is 11.7. The molecule has 28 heavy (non-hydrogen) atoms. The van der Waals surface area contributed by atoms with Gasteiger partial charge in [0, 0.05) is 27.7 Å². The molecule has 10 heteroatoms. The van der Waals surface area contributed by atoms with Crippen molar-refractivity contribution in [3.63, 3.8) is 0 Å². The van der Waals surface area contributed by atoms with Crippen molar-refractivity contribution in [2.75, 3.05) is 6.61 Å². The Kier molecular flexibility index (Phi) is 8.37. The minimum absolute atomic E-state index is 0.262. The fourth-order valence-corrected chi connectivity index (χ4v) is 2.74. The van der Waals surface area contributed by atoms with Crippen LogP contribution in [-0.2, 0) is 42.9 Å². The lowest BCUT2D eigenvalue weighted by atomic mass is 9.95. The molecule has 0 aromatic carbocycles. The number of rotatable bonds is 6. The molecule has 160 valence electrons. The van der Waals surface area contributed by atoms with Gasteiger partial charge >= 0.3 is 17.9 Å². The summed E-state index contributed by atoms with van der Waals surface area (Å²) >= 11 is 0. The van der Waals surface area contributed by atoms with Gasteiger partial charge in [0.1, 0.15) is 18.8 Å². The number of ether oxygens (including phenoxy) is 5. The first kappa shape index (κ1) is 23.8. The van der Waals surface area contributed by atoms with Crippen LogP contribution in [0.25, 0.3) is 0 Å². The van der Waals surface area contributed by atoms with Gasteiger partial charge < -0.3 is 29.0 Å². The second kappa shape index (κ2) is 9.83. The highest BCUT2D eigenvalue weighted by molar-refractivity contribution is 5.73. The van der Waals surface area contributed by atoms with Crippen molar-refractivity contribution in [3.05, 3.63) is 0 Å². The van der Waals surface area contributed by atoms with Gasteiger partial charge in [-0.05, 0) is 20.8 Å². The highest BCUT2D eigenvalue weighted by atomic mass is 16.7. The lowest BCUT2D eigenvalue weighted by Gasteiger charge is -2.46. The molecule has 0 saturated carbocycles. The summed E-state index contributed by atoms with van der Waals surface area (Å²) in [5, 5.41) is 2.63. The van der Waals surface area contributed by atoms with E-state index < -0.39 is 60.1 Å². The van der Waals surface area contributed by atoms with E-state index in [2.05, 4.69) is 5.32 Å². The maximum atomic E-state index is 11.7. The molecule has 0 radical (unpaired) electrons. The topological polar surface area (TPSA) is 126 Å².